The summed E-state index contributed by atoms with van der Waals surface area (Å²) in [6, 6.07) is 6.60. The molecule has 0 saturated heterocycles. The van der Waals surface area contributed by atoms with E-state index in [0.717, 1.165) is 19.3 Å². The highest BCUT2D eigenvalue weighted by molar-refractivity contribution is 5.95. The largest absolute Gasteiger partial charge is 0.486 e. The van der Waals surface area contributed by atoms with Gasteiger partial charge in [-0.1, -0.05) is 37.8 Å². The maximum absolute atomic E-state index is 11.8. The average molecular weight is 390 g/mol. The molecular formula is C20H26N2O6. The van der Waals surface area contributed by atoms with Crippen molar-refractivity contribution >= 4 is 17.9 Å². The van der Waals surface area contributed by atoms with Crippen molar-refractivity contribution in [1.82, 2.24) is 10.6 Å². The van der Waals surface area contributed by atoms with Gasteiger partial charge in [-0.25, -0.2) is 4.79 Å². The van der Waals surface area contributed by atoms with Gasteiger partial charge >= 0.3 is 12.0 Å². The second-order valence-electron chi connectivity index (χ2n) is 7.11. The van der Waals surface area contributed by atoms with Gasteiger partial charge in [-0.3, -0.25) is 14.9 Å². The highest BCUT2D eigenvalue weighted by atomic mass is 16.6. The molecule has 1 aromatic rings. The van der Waals surface area contributed by atoms with Crippen molar-refractivity contribution < 1.29 is 28.6 Å². The van der Waals surface area contributed by atoms with Gasteiger partial charge in [0.05, 0.1) is 6.54 Å². The van der Waals surface area contributed by atoms with E-state index < -0.39 is 24.5 Å². The first-order valence-corrected chi connectivity index (χ1v) is 9.72. The molecule has 1 fully saturated rings. The van der Waals surface area contributed by atoms with Gasteiger partial charge < -0.3 is 19.5 Å². The smallest absolute Gasteiger partial charge is 0.321 e. The summed E-state index contributed by atoms with van der Waals surface area (Å²) in [7, 11) is 0. The van der Waals surface area contributed by atoms with E-state index in [1.165, 1.54) is 12.8 Å². The first-order valence-electron chi connectivity index (χ1n) is 9.72. The lowest BCUT2D eigenvalue weighted by molar-refractivity contribution is -0.148. The number of hydrogen-bond acceptors (Lipinski definition) is 6. The molecule has 0 aromatic heterocycles. The number of esters is 1. The van der Waals surface area contributed by atoms with E-state index in [1.807, 2.05) is 12.1 Å². The molecule has 3 amide bonds. The van der Waals surface area contributed by atoms with Gasteiger partial charge in [0.2, 0.25) is 0 Å². The van der Waals surface area contributed by atoms with E-state index in [-0.39, 0.29) is 12.6 Å². The Kier molecular flexibility index (Phi) is 7.11. The minimum absolute atomic E-state index is 0.175. The standard InChI is InChI=1S/C20H26N2O6/c23-18(13-27-19(24)10-9-14-5-1-2-6-14)22-20(25)21-11-15-12-26-16-7-3-4-8-17(16)28-15/h3-4,7-8,14-15H,1-2,5-6,9-13H2,(H2,21,22,23,25). The van der Waals surface area contributed by atoms with E-state index in [1.54, 1.807) is 12.1 Å². The molecule has 3 rings (SSSR count). The van der Waals surface area contributed by atoms with Crippen LogP contribution in [0.4, 0.5) is 4.79 Å². The van der Waals surface area contributed by atoms with Crippen LogP contribution in [0, 0.1) is 5.92 Å². The molecule has 1 aromatic carbocycles. The Balaban J connectivity index is 1.28. The van der Waals surface area contributed by atoms with Crippen LogP contribution in [0.5, 0.6) is 11.5 Å². The molecule has 1 heterocycles. The fourth-order valence-electron chi connectivity index (χ4n) is 3.42. The quantitative estimate of drug-likeness (QED) is 0.692. The van der Waals surface area contributed by atoms with Crippen LogP contribution in [0.1, 0.15) is 38.5 Å². The molecule has 1 atom stereocenters. The predicted octanol–water partition coefficient (Wildman–Crippen LogP) is 2.17. The molecule has 0 bridgehead atoms. The normalized spacial score (nSPS) is 18.4. The van der Waals surface area contributed by atoms with Crippen LogP contribution >= 0.6 is 0 Å². The predicted molar refractivity (Wildman–Crippen MR) is 100 cm³/mol. The second-order valence-corrected chi connectivity index (χ2v) is 7.11. The monoisotopic (exact) mass is 390 g/mol. The molecule has 1 aliphatic heterocycles. The summed E-state index contributed by atoms with van der Waals surface area (Å²) >= 11 is 0. The Morgan fingerprint density at radius 1 is 1.11 bits per heavy atom. The molecule has 0 radical (unpaired) electrons. The number of carbonyl (C=O) groups excluding carboxylic acids is 3. The Morgan fingerprint density at radius 2 is 1.86 bits per heavy atom. The summed E-state index contributed by atoms with van der Waals surface area (Å²) in [6.07, 6.45) is 5.52. The number of amides is 3. The van der Waals surface area contributed by atoms with Crippen LogP contribution in [-0.2, 0) is 14.3 Å². The minimum Gasteiger partial charge on any atom is -0.486 e. The number of fused-ring (bicyclic) bond motifs is 1. The highest BCUT2D eigenvalue weighted by Gasteiger charge is 2.21. The summed E-state index contributed by atoms with van der Waals surface area (Å²) in [5.41, 5.74) is 0. The topological polar surface area (TPSA) is 103 Å². The van der Waals surface area contributed by atoms with Crippen molar-refractivity contribution in [2.45, 2.75) is 44.6 Å². The first kappa shape index (κ1) is 20.0. The molecule has 28 heavy (non-hydrogen) atoms. The minimum atomic E-state index is -0.672. The number of ether oxygens (including phenoxy) is 3. The van der Waals surface area contributed by atoms with Crippen molar-refractivity contribution in [3.05, 3.63) is 24.3 Å². The summed E-state index contributed by atoms with van der Waals surface area (Å²) in [5, 5.41) is 4.68. The van der Waals surface area contributed by atoms with E-state index in [4.69, 9.17) is 14.2 Å². The second kappa shape index (κ2) is 9.96. The Hall–Kier alpha value is -2.77. The molecule has 2 aliphatic rings. The van der Waals surface area contributed by atoms with E-state index in [9.17, 15) is 14.4 Å². The molecule has 1 aliphatic carbocycles. The molecule has 2 N–H and O–H groups in total. The molecule has 1 unspecified atom stereocenters. The third-order valence-corrected chi connectivity index (χ3v) is 4.91. The third-order valence-electron chi connectivity index (χ3n) is 4.91. The zero-order valence-corrected chi connectivity index (χ0v) is 15.8. The Morgan fingerprint density at radius 3 is 2.64 bits per heavy atom. The first-order chi connectivity index (χ1) is 13.6. The summed E-state index contributed by atoms with van der Waals surface area (Å²) in [6.45, 7) is 0.00576. The lowest BCUT2D eigenvalue weighted by Crippen LogP contribution is -2.46. The number of carbonyl (C=O) groups is 3. The zero-order valence-electron chi connectivity index (χ0n) is 15.8. The number of imide groups is 1. The lowest BCUT2D eigenvalue weighted by atomic mass is 10.0. The molecular weight excluding hydrogens is 364 g/mol. The van der Waals surface area contributed by atoms with Crippen molar-refractivity contribution in [1.29, 1.82) is 0 Å². The van der Waals surface area contributed by atoms with Crippen molar-refractivity contribution in [2.24, 2.45) is 5.92 Å². The lowest BCUT2D eigenvalue weighted by Gasteiger charge is -2.26. The molecule has 8 nitrogen and oxygen atoms in total. The number of nitrogens with one attached hydrogen (secondary N) is 2. The van der Waals surface area contributed by atoms with Crippen LogP contribution in [0.25, 0.3) is 0 Å². The van der Waals surface area contributed by atoms with Crippen molar-refractivity contribution in [2.75, 3.05) is 19.8 Å². The van der Waals surface area contributed by atoms with Crippen LogP contribution in [0.2, 0.25) is 0 Å². The summed E-state index contributed by atoms with van der Waals surface area (Å²) in [4.78, 5) is 35.2. The van der Waals surface area contributed by atoms with E-state index >= 15 is 0 Å². The summed E-state index contributed by atoms with van der Waals surface area (Å²) < 4.78 is 16.2. The summed E-state index contributed by atoms with van der Waals surface area (Å²) in [5.74, 6) is 0.784. The fourth-order valence-corrected chi connectivity index (χ4v) is 3.42. The molecule has 8 heteroatoms. The number of rotatable bonds is 7. The molecule has 152 valence electrons. The van der Waals surface area contributed by atoms with E-state index in [0.29, 0.717) is 30.4 Å². The highest BCUT2D eigenvalue weighted by Crippen LogP contribution is 2.30. The van der Waals surface area contributed by atoms with Gasteiger partial charge in [-0.05, 0) is 24.5 Å². The maximum Gasteiger partial charge on any atom is 0.321 e. The van der Waals surface area contributed by atoms with Crippen molar-refractivity contribution in [3.63, 3.8) is 0 Å². The molecule has 1 saturated carbocycles. The van der Waals surface area contributed by atoms with Gasteiger partial charge in [0.1, 0.15) is 6.61 Å². The van der Waals surface area contributed by atoms with E-state index in [2.05, 4.69) is 10.6 Å². The molecule has 0 spiro atoms. The van der Waals surface area contributed by atoms with Crippen LogP contribution in [-0.4, -0.2) is 43.8 Å². The average Bonchev–Trinajstić information content (AvgIpc) is 3.22. The van der Waals surface area contributed by atoms with Crippen LogP contribution in [0.3, 0.4) is 0 Å². The van der Waals surface area contributed by atoms with Gasteiger partial charge in [0.25, 0.3) is 5.91 Å². The Bertz CT molecular complexity index is 702. The number of hydrogen-bond donors (Lipinski definition) is 2. The number of benzene rings is 1. The maximum atomic E-state index is 11.8. The fraction of sp³-hybridized carbons (Fsp3) is 0.550. The SMILES string of the molecule is O=C(COC(=O)CCC1CCCC1)NC(=O)NCC1COc2ccccc2O1. The number of para-hydroxylation sites is 2. The van der Waals surface area contributed by atoms with Crippen molar-refractivity contribution in [3.8, 4) is 11.5 Å². The van der Waals surface area contributed by atoms with Gasteiger partial charge in [0.15, 0.2) is 24.2 Å². The van der Waals surface area contributed by atoms with Crippen LogP contribution in [0.15, 0.2) is 24.3 Å². The number of urea groups is 1. The van der Waals surface area contributed by atoms with Gasteiger partial charge in [0, 0.05) is 6.42 Å². The van der Waals surface area contributed by atoms with Gasteiger partial charge in [-0.2, -0.15) is 0 Å². The Labute approximate surface area is 163 Å². The zero-order chi connectivity index (χ0) is 19.8. The third kappa shape index (κ3) is 6.14. The van der Waals surface area contributed by atoms with Crippen LogP contribution < -0.4 is 20.1 Å². The van der Waals surface area contributed by atoms with Gasteiger partial charge in [-0.15, -0.1) is 0 Å².